The Hall–Kier alpha value is -1.99. The first-order chi connectivity index (χ1) is 9.48. The van der Waals surface area contributed by atoms with Crippen LogP contribution in [0.1, 0.15) is 5.56 Å². The van der Waals surface area contributed by atoms with E-state index in [4.69, 9.17) is 11.6 Å². The van der Waals surface area contributed by atoms with Gasteiger partial charge in [0.2, 0.25) is 0 Å². The number of fused-ring (bicyclic) bond motifs is 1. The summed E-state index contributed by atoms with van der Waals surface area (Å²) in [7, 11) is -3.90. The molecule has 1 aromatic carbocycles. The third-order valence-corrected chi connectivity index (χ3v) is 4.82. The Bertz CT molecular complexity index is 785. The van der Waals surface area contributed by atoms with E-state index in [9.17, 15) is 13.2 Å². The Balaban J connectivity index is 2.00. The zero-order valence-electron chi connectivity index (χ0n) is 10.2. The lowest BCUT2D eigenvalue weighted by Crippen LogP contribution is -2.46. The van der Waals surface area contributed by atoms with Gasteiger partial charge in [0.1, 0.15) is 5.82 Å². The minimum Gasteiger partial charge on any atom is -0.292 e. The highest BCUT2D eigenvalue weighted by Crippen LogP contribution is 2.24. The number of carbonyl (C=O) groups is 1. The van der Waals surface area contributed by atoms with Crippen LogP contribution in [0.5, 0.6) is 0 Å². The predicted molar refractivity (Wildman–Crippen MR) is 74.8 cm³/mol. The lowest BCUT2D eigenvalue weighted by molar-refractivity contribution is 0.233. The molecule has 1 N–H and O–H groups in total. The van der Waals surface area contributed by atoms with Gasteiger partial charge >= 0.3 is 16.2 Å². The highest BCUT2D eigenvalue weighted by Gasteiger charge is 2.35. The number of amides is 2. The molecule has 3 rings (SSSR count). The van der Waals surface area contributed by atoms with Crippen LogP contribution < -0.4 is 5.32 Å². The first-order valence-electron chi connectivity index (χ1n) is 5.74. The minimum absolute atomic E-state index is 0.0770. The molecule has 1 aliphatic rings. The van der Waals surface area contributed by atoms with E-state index in [-0.39, 0.29) is 12.4 Å². The number of carbonyl (C=O) groups excluding carboxylic acids is 1. The maximum Gasteiger partial charge on any atom is 0.338 e. The molecule has 0 saturated carbocycles. The van der Waals surface area contributed by atoms with Crippen LogP contribution in [0.2, 0.25) is 5.02 Å². The first-order valence-corrected chi connectivity index (χ1v) is 7.52. The summed E-state index contributed by atoms with van der Waals surface area (Å²) in [5, 5.41) is 3.00. The van der Waals surface area contributed by atoms with Gasteiger partial charge < -0.3 is 0 Å². The monoisotopic (exact) mass is 311 g/mol. The molecule has 0 fully saturated rings. The second-order valence-corrected chi connectivity index (χ2v) is 6.43. The van der Waals surface area contributed by atoms with E-state index in [2.05, 4.69) is 5.32 Å². The van der Waals surface area contributed by atoms with Gasteiger partial charge in [0.15, 0.2) is 0 Å². The van der Waals surface area contributed by atoms with Crippen molar-refractivity contribution in [2.24, 2.45) is 0 Å². The molecule has 0 unspecified atom stereocenters. The van der Waals surface area contributed by atoms with Gasteiger partial charge in [-0.15, -0.1) is 0 Å². The lowest BCUT2D eigenvalue weighted by atomic mass is 10.2. The van der Waals surface area contributed by atoms with Gasteiger partial charge in [0.25, 0.3) is 0 Å². The van der Waals surface area contributed by atoms with Gasteiger partial charge in [-0.25, -0.2) is 8.77 Å². The van der Waals surface area contributed by atoms with Crippen molar-refractivity contribution in [1.82, 2.24) is 8.28 Å². The van der Waals surface area contributed by atoms with Gasteiger partial charge in [-0.05, 0) is 29.8 Å². The molecule has 0 atom stereocenters. The molecule has 6 nitrogen and oxygen atoms in total. The summed E-state index contributed by atoms with van der Waals surface area (Å²) in [5.74, 6) is 0.234. The Morgan fingerprint density at radius 2 is 2.00 bits per heavy atom. The van der Waals surface area contributed by atoms with Crippen molar-refractivity contribution < 1.29 is 13.2 Å². The maximum absolute atomic E-state index is 12.4. The fourth-order valence-corrected chi connectivity index (χ4v) is 3.57. The molecular formula is C12H10ClN3O3S. The van der Waals surface area contributed by atoms with E-state index in [0.29, 0.717) is 10.6 Å². The number of hydrogen-bond donors (Lipinski definition) is 1. The zero-order valence-corrected chi connectivity index (χ0v) is 11.7. The highest BCUT2D eigenvalue weighted by molar-refractivity contribution is 7.88. The zero-order chi connectivity index (χ0) is 14.3. The summed E-state index contributed by atoms with van der Waals surface area (Å²) in [6, 6.07) is 9.10. The topological polar surface area (TPSA) is 71.4 Å². The molecule has 104 valence electrons. The van der Waals surface area contributed by atoms with Crippen molar-refractivity contribution in [1.29, 1.82) is 0 Å². The standard InChI is InChI=1S/C12H10ClN3O3S/c13-10-4-1-3-9(7-10)8-16-12(17)14-11-5-2-6-15(11)20(16,18)19/h1-7H,8H2,(H,14,17). The van der Waals surface area contributed by atoms with Gasteiger partial charge in [0, 0.05) is 11.2 Å². The molecule has 20 heavy (non-hydrogen) atoms. The molecule has 2 heterocycles. The van der Waals surface area contributed by atoms with E-state index >= 15 is 0 Å². The van der Waals surface area contributed by atoms with Gasteiger partial charge in [-0.1, -0.05) is 23.7 Å². The van der Waals surface area contributed by atoms with Crippen LogP contribution in [-0.4, -0.2) is 22.7 Å². The fraction of sp³-hybridized carbons (Fsp3) is 0.0833. The maximum atomic E-state index is 12.4. The van der Waals surface area contributed by atoms with Crippen LogP contribution in [0.15, 0.2) is 42.6 Å². The first kappa shape index (κ1) is 13.0. The second kappa shape index (κ2) is 4.53. The molecule has 1 aliphatic heterocycles. The fourth-order valence-electron chi connectivity index (χ4n) is 2.00. The molecule has 2 amide bonds. The summed E-state index contributed by atoms with van der Waals surface area (Å²) in [5.41, 5.74) is 0.631. The number of aromatic nitrogens is 1. The summed E-state index contributed by atoms with van der Waals surface area (Å²) >= 11 is 5.86. The molecule has 0 bridgehead atoms. The number of rotatable bonds is 2. The van der Waals surface area contributed by atoms with Crippen LogP contribution in [0.3, 0.4) is 0 Å². The van der Waals surface area contributed by atoms with Crippen molar-refractivity contribution in [2.45, 2.75) is 6.54 Å². The molecule has 0 aliphatic carbocycles. The van der Waals surface area contributed by atoms with Crippen molar-refractivity contribution in [2.75, 3.05) is 5.32 Å². The smallest absolute Gasteiger partial charge is 0.292 e. The van der Waals surface area contributed by atoms with E-state index in [0.717, 1.165) is 8.28 Å². The van der Waals surface area contributed by atoms with Crippen molar-refractivity contribution >= 4 is 33.7 Å². The molecular weight excluding hydrogens is 302 g/mol. The van der Waals surface area contributed by atoms with Gasteiger partial charge in [0.05, 0.1) is 6.54 Å². The van der Waals surface area contributed by atoms with Crippen molar-refractivity contribution in [3.8, 4) is 0 Å². The van der Waals surface area contributed by atoms with Crippen LogP contribution in [0, 0.1) is 0 Å². The quantitative estimate of drug-likeness (QED) is 0.925. The molecule has 1 aromatic heterocycles. The SMILES string of the molecule is O=C1Nc2cccn2S(=O)(=O)N1Cc1cccc(Cl)c1. The average Bonchev–Trinajstić information content (AvgIpc) is 2.84. The van der Waals surface area contributed by atoms with Crippen LogP contribution in [-0.2, 0) is 16.8 Å². The van der Waals surface area contributed by atoms with Crippen molar-refractivity contribution in [3.05, 3.63) is 53.2 Å². The number of nitrogens with one attached hydrogen (secondary N) is 1. The van der Waals surface area contributed by atoms with E-state index in [1.807, 2.05) is 0 Å². The Morgan fingerprint density at radius 3 is 2.75 bits per heavy atom. The van der Waals surface area contributed by atoms with Gasteiger partial charge in [-0.2, -0.15) is 12.7 Å². The minimum atomic E-state index is -3.90. The van der Waals surface area contributed by atoms with E-state index in [1.54, 1.807) is 30.3 Å². The molecule has 0 saturated heterocycles. The number of halogens is 1. The third kappa shape index (κ3) is 2.04. The number of benzene rings is 1. The largest absolute Gasteiger partial charge is 0.338 e. The molecule has 2 aromatic rings. The Morgan fingerprint density at radius 1 is 1.20 bits per heavy atom. The van der Waals surface area contributed by atoms with E-state index < -0.39 is 16.2 Å². The summed E-state index contributed by atoms with van der Waals surface area (Å²) in [6.45, 7) is -0.0770. The number of urea groups is 1. The van der Waals surface area contributed by atoms with Crippen molar-refractivity contribution in [3.63, 3.8) is 0 Å². The molecule has 8 heteroatoms. The number of hydrogen-bond acceptors (Lipinski definition) is 3. The molecule has 0 spiro atoms. The number of anilines is 1. The normalized spacial score (nSPS) is 16.6. The Labute approximate surface area is 120 Å². The number of nitrogens with zero attached hydrogens (tertiary/aromatic N) is 2. The summed E-state index contributed by atoms with van der Waals surface area (Å²) in [6.07, 6.45) is 1.38. The highest BCUT2D eigenvalue weighted by atomic mass is 35.5. The van der Waals surface area contributed by atoms with Crippen LogP contribution in [0.4, 0.5) is 10.6 Å². The van der Waals surface area contributed by atoms with E-state index in [1.165, 1.54) is 12.3 Å². The second-order valence-electron chi connectivity index (χ2n) is 4.26. The average molecular weight is 312 g/mol. The van der Waals surface area contributed by atoms with Crippen LogP contribution >= 0.6 is 11.6 Å². The third-order valence-electron chi connectivity index (χ3n) is 2.92. The lowest BCUT2D eigenvalue weighted by Gasteiger charge is -2.28. The Kier molecular flexibility index (Phi) is 2.95. The predicted octanol–water partition coefficient (Wildman–Crippen LogP) is 2.28. The summed E-state index contributed by atoms with van der Waals surface area (Å²) < 4.78 is 26.5. The molecule has 0 radical (unpaired) electrons. The summed E-state index contributed by atoms with van der Waals surface area (Å²) in [4.78, 5) is 11.9. The van der Waals surface area contributed by atoms with Gasteiger partial charge in [-0.3, -0.25) is 5.32 Å². The van der Waals surface area contributed by atoms with Crippen LogP contribution in [0.25, 0.3) is 0 Å².